The fraction of sp³-hybridized carbons (Fsp3) is 0.533. The van der Waals surface area contributed by atoms with Crippen molar-refractivity contribution in [2.45, 2.75) is 32.2 Å². The van der Waals surface area contributed by atoms with Gasteiger partial charge >= 0.3 is 0 Å². The molecule has 112 valence electrons. The molecule has 21 heavy (non-hydrogen) atoms. The summed E-state index contributed by atoms with van der Waals surface area (Å²) in [6.07, 6.45) is 3.56. The van der Waals surface area contributed by atoms with Crippen LogP contribution in [-0.2, 0) is 20.9 Å². The molecule has 1 aliphatic carbocycles. The predicted octanol–water partition coefficient (Wildman–Crippen LogP) is 1.54. The van der Waals surface area contributed by atoms with Crippen molar-refractivity contribution >= 4 is 29.1 Å². The second-order valence-electron chi connectivity index (χ2n) is 5.62. The van der Waals surface area contributed by atoms with Crippen molar-refractivity contribution in [2.24, 2.45) is 11.8 Å². The molecular formula is C15H18N2O3S. The number of nitrogens with zero attached hydrogens (tertiary/aromatic N) is 1. The topological polar surface area (TPSA) is 66.5 Å². The predicted molar refractivity (Wildman–Crippen MR) is 78.3 cm³/mol. The lowest BCUT2D eigenvalue weighted by atomic mass is 9.81. The molecular weight excluding hydrogens is 288 g/mol. The van der Waals surface area contributed by atoms with Crippen molar-refractivity contribution in [3.63, 3.8) is 0 Å². The van der Waals surface area contributed by atoms with Crippen LogP contribution in [-0.4, -0.2) is 29.2 Å². The van der Waals surface area contributed by atoms with E-state index in [4.69, 9.17) is 0 Å². The molecule has 1 aliphatic heterocycles. The number of amides is 3. The summed E-state index contributed by atoms with van der Waals surface area (Å²) in [4.78, 5) is 38.6. The van der Waals surface area contributed by atoms with Gasteiger partial charge in [-0.15, -0.1) is 11.3 Å². The monoisotopic (exact) mass is 306 g/mol. The van der Waals surface area contributed by atoms with Gasteiger partial charge in [0.1, 0.15) is 6.54 Å². The number of rotatable bonds is 4. The lowest BCUT2D eigenvalue weighted by Crippen LogP contribution is -2.40. The molecule has 3 amide bonds. The molecule has 6 heteroatoms. The number of hydrogen-bond acceptors (Lipinski definition) is 4. The van der Waals surface area contributed by atoms with Crippen LogP contribution in [0.15, 0.2) is 17.5 Å². The fourth-order valence-corrected chi connectivity index (χ4v) is 3.83. The summed E-state index contributed by atoms with van der Waals surface area (Å²) in [6, 6.07) is 3.86. The van der Waals surface area contributed by atoms with Gasteiger partial charge < -0.3 is 5.32 Å². The standard InChI is InChI=1S/C15H18N2O3S/c18-13(16-8-10-4-3-7-21-10)9-17-14(19)11-5-1-2-6-12(11)15(17)20/h3-4,7,11-12H,1-2,5-6,8-9H2,(H,16,18)/t11-,12-/m1/s1. The van der Waals surface area contributed by atoms with E-state index in [1.54, 1.807) is 11.3 Å². The van der Waals surface area contributed by atoms with Gasteiger partial charge in [-0.05, 0) is 24.3 Å². The number of thiophene rings is 1. The molecule has 1 aromatic heterocycles. The van der Waals surface area contributed by atoms with E-state index in [1.165, 1.54) is 0 Å². The van der Waals surface area contributed by atoms with Crippen LogP contribution in [0.25, 0.3) is 0 Å². The highest BCUT2D eigenvalue weighted by Crippen LogP contribution is 2.37. The van der Waals surface area contributed by atoms with Crippen LogP contribution in [0.1, 0.15) is 30.6 Å². The Morgan fingerprint density at radius 3 is 2.48 bits per heavy atom. The minimum Gasteiger partial charge on any atom is -0.350 e. The lowest BCUT2D eigenvalue weighted by Gasteiger charge is -2.19. The largest absolute Gasteiger partial charge is 0.350 e. The van der Waals surface area contributed by atoms with Gasteiger partial charge in [0.15, 0.2) is 0 Å². The summed E-state index contributed by atoms with van der Waals surface area (Å²) in [5.74, 6) is -0.955. The van der Waals surface area contributed by atoms with Gasteiger partial charge in [0.05, 0.1) is 18.4 Å². The maximum atomic E-state index is 12.2. The van der Waals surface area contributed by atoms with Crippen LogP contribution in [0.5, 0.6) is 0 Å². The Bertz CT molecular complexity index is 531. The highest BCUT2D eigenvalue weighted by molar-refractivity contribution is 7.09. The number of nitrogens with one attached hydrogen (secondary N) is 1. The highest BCUT2D eigenvalue weighted by atomic mass is 32.1. The minimum absolute atomic E-state index is 0.143. The first kappa shape index (κ1) is 14.3. The second kappa shape index (κ2) is 5.97. The van der Waals surface area contributed by atoms with Crippen LogP contribution in [0.2, 0.25) is 0 Å². The SMILES string of the molecule is O=C(CN1C(=O)[C@@H]2CCCC[C@H]2C1=O)NCc1cccs1. The first-order valence-corrected chi connectivity index (χ1v) is 8.19. The van der Waals surface area contributed by atoms with E-state index < -0.39 is 0 Å². The Morgan fingerprint density at radius 2 is 1.90 bits per heavy atom. The molecule has 2 atom stereocenters. The minimum atomic E-state index is -0.274. The van der Waals surface area contributed by atoms with Crippen molar-refractivity contribution in [1.29, 1.82) is 0 Å². The van der Waals surface area contributed by atoms with Crippen LogP contribution in [0.4, 0.5) is 0 Å². The van der Waals surface area contributed by atoms with Crippen molar-refractivity contribution in [1.82, 2.24) is 10.2 Å². The van der Waals surface area contributed by atoms with Gasteiger partial charge in [0, 0.05) is 4.88 Å². The number of imide groups is 1. The van der Waals surface area contributed by atoms with E-state index in [9.17, 15) is 14.4 Å². The third-order valence-corrected chi connectivity index (χ3v) is 5.15. The molecule has 0 unspecified atom stereocenters. The summed E-state index contributed by atoms with van der Waals surface area (Å²) in [5.41, 5.74) is 0. The van der Waals surface area contributed by atoms with Gasteiger partial charge in [0.2, 0.25) is 17.7 Å². The van der Waals surface area contributed by atoms with E-state index in [1.807, 2.05) is 17.5 Å². The molecule has 1 saturated carbocycles. The first-order valence-electron chi connectivity index (χ1n) is 7.31. The molecule has 5 nitrogen and oxygen atoms in total. The molecule has 1 aromatic rings. The molecule has 0 spiro atoms. The molecule has 1 saturated heterocycles. The average molecular weight is 306 g/mol. The van der Waals surface area contributed by atoms with Gasteiger partial charge in [0.25, 0.3) is 0 Å². The van der Waals surface area contributed by atoms with Crippen LogP contribution in [0.3, 0.4) is 0 Å². The summed E-state index contributed by atoms with van der Waals surface area (Å²) < 4.78 is 0. The Kier molecular flexibility index (Phi) is 4.05. The number of fused-ring (bicyclic) bond motifs is 1. The fourth-order valence-electron chi connectivity index (χ4n) is 3.19. The molecule has 1 N–H and O–H groups in total. The van der Waals surface area contributed by atoms with E-state index in [-0.39, 0.29) is 36.1 Å². The smallest absolute Gasteiger partial charge is 0.240 e. The maximum Gasteiger partial charge on any atom is 0.240 e. The number of carbonyl (C=O) groups is 3. The Hall–Kier alpha value is -1.69. The average Bonchev–Trinajstić information content (AvgIpc) is 3.09. The quantitative estimate of drug-likeness (QED) is 0.858. The summed E-state index contributed by atoms with van der Waals surface area (Å²) >= 11 is 1.56. The zero-order chi connectivity index (χ0) is 14.8. The molecule has 0 aromatic carbocycles. The van der Waals surface area contributed by atoms with Gasteiger partial charge in [-0.3, -0.25) is 19.3 Å². The Labute approximate surface area is 127 Å². The third kappa shape index (κ3) is 2.85. The van der Waals surface area contributed by atoms with Crippen LogP contribution >= 0.6 is 11.3 Å². The van der Waals surface area contributed by atoms with Gasteiger partial charge in [-0.2, -0.15) is 0 Å². The van der Waals surface area contributed by atoms with E-state index >= 15 is 0 Å². The zero-order valence-corrected chi connectivity index (χ0v) is 12.5. The van der Waals surface area contributed by atoms with Crippen molar-refractivity contribution in [2.75, 3.05) is 6.54 Å². The Morgan fingerprint density at radius 1 is 1.24 bits per heavy atom. The summed E-state index contributed by atoms with van der Waals surface area (Å²) in [7, 11) is 0. The summed E-state index contributed by atoms with van der Waals surface area (Å²) in [6.45, 7) is 0.301. The number of hydrogen-bond donors (Lipinski definition) is 1. The van der Waals surface area contributed by atoms with E-state index in [0.717, 1.165) is 35.5 Å². The normalized spacial score (nSPS) is 25.0. The maximum absolute atomic E-state index is 12.2. The van der Waals surface area contributed by atoms with Crippen molar-refractivity contribution in [3.05, 3.63) is 22.4 Å². The van der Waals surface area contributed by atoms with Crippen molar-refractivity contribution < 1.29 is 14.4 Å². The number of carbonyl (C=O) groups excluding carboxylic acids is 3. The zero-order valence-electron chi connectivity index (χ0n) is 11.7. The third-order valence-electron chi connectivity index (χ3n) is 4.27. The molecule has 0 radical (unpaired) electrons. The van der Waals surface area contributed by atoms with Crippen LogP contribution < -0.4 is 5.32 Å². The van der Waals surface area contributed by atoms with Crippen LogP contribution in [0, 0.1) is 11.8 Å². The molecule has 3 rings (SSSR count). The molecule has 2 fully saturated rings. The first-order chi connectivity index (χ1) is 10.2. The second-order valence-corrected chi connectivity index (χ2v) is 6.65. The van der Waals surface area contributed by atoms with E-state index in [2.05, 4.69) is 5.32 Å². The molecule has 2 heterocycles. The lowest BCUT2D eigenvalue weighted by molar-refractivity contribution is -0.143. The summed E-state index contributed by atoms with van der Waals surface area (Å²) in [5, 5.41) is 4.70. The highest BCUT2D eigenvalue weighted by Gasteiger charge is 2.48. The molecule has 2 aliphatic rings. The number of likely N-dealkylation sites (tertiary alicyclic amines) is 1. The van der Waals surface area contributed by atoms with Gasteiger partial charge in [-0.25, -0.2) is 0 Å². The molecule has 0 bridgehead atoms. The van der Waals surface area contributed by atoms with Gasteiger partial charge in [-0.1, -0.05) is 18.9 Å². The van der Waals surface area contributed by atoms with Crippen molar-refractivity contribution in [3.8, 4) is 0 Å². The van der Waals surface area contributed by atoms with E-state index in [0.29, 0.717) is 6.54 Å². The Balaban J connectivity index is 1.57.